The number of rotatable bonds is 8. The topological polar surface area (TPSA) is 151 Å². The third-order valence-electron chi connectivity index (χ3n) is 10.1. The molecule has 5 N–H and O–H groups in total. The van der Waals surface area contributed by atoms with Crippen LogP contribution in [0.5, 0.6) is 0 Å². The molecule has 0 aromatic rings. The van der Waals surface area contributed by atoms with E-state index in [9.17, 15) is 24.6 Å². The predicted molar refractivity (Wildman–Crippen MR) is 137 cm³/mol. The van der Waals surface area contributed by atoms with Gasteiger partial charge in [-0.05, 0) is 87.0 Å². The minimum Gasteiger partial charge on any atom is -0.480 e. The molecule has 2 amide bonds. The number of primary amides is 1. The van der Waals surface area contributed by atoms with Crippen molar-refractivity contribution >= 4 is 23.5 Å². The van der Waals surface area contributed by atoms with E-state index < -0.39 is 36.0 Å². The van der Waals surface area contributed by atoms with Crippen LogP contribution < -0.4 is 11.1 Å². The van der Waals surface area contributed by atoms with Crippen molar-refractivity contribution in [1.82, 2.24) is 5.32 Å². The Morgan fingerprint density at radius 3 is 2.62 bits per heavy atom. The maximum absolute atomic E-state index is 12.1. The van der Waals surface area contributed by atoms with Crippen LogP contribution in [0.2, 0.25) is 0 Å². The number of nitrogens with one attached hydrogen (secondary N) is 1. The van der Waals surface area contributed by atoms with E-state index in [1.54, 1.807) is 0 Å². The SMILES string of the molecule is C#C[C@@]1(O)CC[C@H]2[C@@H]3CCC4=C/C(=N/OCC(=O)N[C@@H](CCC(N)=O)C(=O)O)CC[C@]4(C)[C@H]3CC[C@@]21C. The molecule has 0 saturated heterocycles. The Labute approximate surface area is 218 Å². The average Bonchev–Trinajstić information content (AvgIpc) is 3.12. The van der Waals surface area contributed by atoms with Gasteiger partial charge in [-0.25, -0.2) is 4.79 Å². The first-order valence-electron chi connectivity index (χ1n) is 13.3. The molecule has 0 spiro atoms. The first-order chi connectivity index (χ1) is 17.4. The van der Waals surface area contributed by atoms with Crippen LogP contribution in [0, 0.1) is 40.9 Å². The Morgan fingerprint density at radius 2 is 1.95 bits per heavy atom. The number of hydrogen-bond acceptors (Lipinski definition) is 6. The molecule has 9 nitrogen and oxygen atoms in total. The summed E-state index contributed by atoms with van der Waals surface area (Å²) in [5, 5.41) is 26.9. The molecule has 3 fully saturated rings. The molecule has 202 valence electrons. The third kappa shape index (κ3) is 4.88. The lowest BCUT2D eigenvalue weighted by molar-refractivity contribution is -0.142. The molecule has 3 saturated carbocycles. The molecule has 0 aromatic heterocycles. The standard InChI is InChI=1S/C28H39N3O6/c1-4-28(36)14-11-21-19-6-5-17-15-18(9-12-26(17,2)20(19)10-13-27(21,28)3)31-37-16-24(33)30-22(25(34)35)7-8-23(29)32/h1,15,19-22,36H,5-14,16H2,2-3H3,(H2,29,32)(H,30,33)(H,34,35)/b31-18+/t19-,20+,21+,22+,26+,27+,28-/m1/s1. The van der Waals surface area contributed by atoms with Gasteiger partial charge in [0, 0.05) is 11.8 Å². The first-order valence-corrected chi connectivity index (χ1v) is 13.3. The van der Waals surface area contributed by atoms with Crippen molar-refractivity contribution in [2.75, 3.05) is 6.61 Å². The number of aliphatic carboxylic acids is 1. The molecule has 37 heavy (non-hydrogen) atoms. The number of carbonyl (C=O) groups excluding carboxylic acids is 2. The van der Waals surface area contributed by atoms with Gasteiger partial charge in [0.2, 0.25) is 5.91 Å². The van der Waals surface area contributed by atoms with Gasteiger partial charge < -0.3 is 26.1 Å². The van der Waals surface area contributed by atoms with E-state index in [1.165, 1.54) is 5.57 Å². The molecular weight excluding hydrogens is 474 g/mol. The van der Waals surface area contributed by atoms with Crippen molar-refractivity contribution in [1.29, 1.82) is 0 Å². The second-order valence-corrected chi connectivity index (χ2v) is 11.8. The number of carboxylic acid groups (broad SMARTS) is 1. The molecule has 4 rings (SSSR count). The molecule has 0 aromatic carbocycles. The highest BCUT2D eigenvalue weighted by atomic mass is 16.6. The van der Waals surface area contributed by atoms with Crippen LogP contribution in [0.3, 0.4) is 0 Å². The fourth-order valence-corrected chi connectivity index (χ4v) is 7.85. The minimum atomic E-state index is -1.24. The van der Waals surface area contributed by atoms with E-state index in [4.69, 9.17) is 17.0 Å². The molecule has 4 aliphatic carbocycles. The normalized spacial score (nSPS) is 38.3. The summed E-state index contributed by atoms with van der Waals surface area (Å²) in [6.07, 6.45) is 15.1. The van der Waals surface area contributed by atoms with Gasteiger partial charge in [-0.1, -0.05) is 30.5 Å². The van der Waals surface area contributed by atoms with Gasteiger partial charge in [0.25, 0.3) is 5.91 Å². The summed E-state index contributed by atoms with van der Waals surface area (Å²) in [6, 6.07) is -1.21. The summed E-state index contributed by atoms with van der Waals surface area (Å²) in [5.74, 6) is 1.80. The Hall–Kier alpha value is -2.86. The number of aliphatic hydroxyl groups is 1. The van der Waals surface area contributed by atoms with Crippen molar-refractivity contribution in [2.45, 2.75) is 89.7 Å². The van der Waals surface area contributed by atoms with Gasteiger partial charge in [0.1, 0.15) is 11.6 Å². The number of carbonyl (C=O) groups is 3. The number of carboxylic acids is 1. The van der Waals surface area contributed by atoms with E-state index in [1.807, 2.05) is 0 Å². The zero-order valence-corrected chi connectivity index (χ0v) is 21.8. The molecule has 9 heteroatoms. The van der Waals surface area contributed by atoms with Gasteiger partial charge in [-0.3, -0.25) is 9.59 Å². The van der Waals surface area contributed by atoms with E-state index in [2.05, 4.69) is 36.3 Å². The van der Waals surface area contributed by atoms with E-state index in [0.717, 1.165) is 50.7 Å². The van der Waals surface area contributed by atoms with E-state index in [-0.39, 0.29) is 23.7 Å². The lowest BCUT2D eigenvalue weighted by atomic mass is 9.46. The average molecular weight is 514 g/mol. The van der Waals surface area contributed by atoms with Gasteiger partial charge in [-0.2, -0.15) is 0 Å². The van der Waals surface area contributed by atoms with Crippen LogP contribution in [0.25, 0.3) is 0 Å². The Morgan fingerprint density at radius 1 is 1.22 bits per heavy atom. The maximum Gasteiger partial charge on any atom is 0.326 e. The third-order valence-corrected chi connectivity index (χ3v) is 10.1. The Balaban J connectivity index is 1.37. The molecular formula is C28H39N3O6. The highest BCUT2D eigenvalue weighted by Crippen LogP contribution is 2.67. The summed E-state index contributed by atoms with van der Waals surface area (Å²) >= 11 is 0. The van der Waals surface area contributed by atoms with Crippen molar-refractivity contribution in [3.05, 3.63) is 11.6 Å². The van der Waals surface area contributed by atoms with Crippen LogP contribution in [0.1, 0.15) is 78.1 Å². The number of hydrogen-bond donors (Lipinski definition) is 4. The van der Waals surface area contributed by atoms with Gasteiger partial charge >= 0.3 is 5.97 Å². The zero-order valence-electron chi connectivity index (χ0n) is 21.8. The molecule has 0 bridgehead atoms. The number of nitrogens with two attached hydrogens (primary N) is 1. The molecule has 4 aliphatic rings. The summed E-state index contributed by atoms with van der Waals surface area (Å²) in [5.41, 5.74) is 6.08. The van der Waals surface area contributed by atoms with Gasteiger partial charge in [-0.15, -0.1) is 6.42 Å². The molecule has 0 unspecified atom stereocenters. The highest BCUT2D eigenvalue weighted by molar-refractivity contribution is 5.96. The number of amides is 2. The molecule has 0 heterocycles. The fourth-order valence-electron chi connectivity index (χ4n) is 7.85. The van der Waals surface area contributed by atoms with E-state index >= 15 is 0 Å². The zero-order chi connectivity index (χ0) is 27.0. The number of terminal acetylenes is 1. The van der Waals surface area contributed by atoms with Crippen LogP contribution in [0.15, 0.2) is 16.8 Å². The smallest absolute Gasteiger partial charge is 0.326 e. The first kappa shape index (κ1) is 27.2. The highest BCUT2D eigenvalue weighted by Gasteiger charge is 2.63. The number of oxime groups is 1. The van der Waals surface area contributed by atoms with Crippen LogP contribution in [-0.4, -0.2) is 52.0 Å². The second kappa shape index (κ2) is 10.1. The summed E-state index contributed by atoms with van der Waals surface area (Å²) in [6.45, 7) is 4.15. The maximum atomic E-state index is 12.1. The van der Waals surface area contributed by atoms with Crippen LogP contribution in [-0.2, 0) is 19.2 Å². The molecule has 0 radical (unpaired) electrons. The number of fused-ring (bicyclic) bond motifs is 5. The predicted octanol–water partition coefficient (Wildman–Crippen LogP) is 2.52. The van der Waals surface area contributed by atoms with Gasteiger partial charge in [0.05, 0.1) is 5.71 Å². The Bertz CT molecular complexity index is 1060. The van der Waals surface area contributed by atoms with Crippen molar-refractivity contribution < 1.29 is 29.4 Å². The second-order valence-electron chi connectivity index (χ2n) is 11.8. The van der Waals surface area contributed by atoms with Crippen molar-refractivity contribution in [3.8, 4) is 12.3 Å². The lowest BCUT2D eigenvalue weighted by Gasteiger charge is -2.58. The summed E-state index contributed by atoms with van der Waals surface area (Å²) in [7, 11) is 0. The van der Waals surface area contributed by atoms with Crippen LogP contribution in [0.4, 0.5) is 0 Å². The Kier molecular flexibility index (Phi) is 7.44. The molecule has 7 atom stereocenters. The fraction of sp³-hybridized carbons (Fsp3) is 0.714. The summed E-state index contributed by atoms with van der Waals surface area (Å²) in [4.78, 5) is 39.6. The van der Waals surface area contributed by atoms with E-state index in [0.29, 0.717) is 24.2 Å². The number of allylic oxidation sites excluding steroid dienone is 2. The monoisotopic (exact) mass is 513 g/mol. The van der Waals surface area contributed by atoms with Crippen molar-refractivity contribution in [2.24, 2.45) is 39.5 Å². The van der Waals surface area contributed by atoms with Crippen LogP contribution >= 0.6 is 0 Å². The summed E-state index contributed by atoms with van der Waals surface area (Å²) < 4.78 is 0. The number of nitrogens with zero attached hydrogens (tertiary/aromatic N) is 1. The lowest BCUT2D eigenvalue weighted by Crippen LogP contribution is -2.54. The van der Waals surface area contributed by atoms with Gasteiger partial charge in [0.15, 0.2) is 6.61 Å². The quantitative estimate of drug-likeness (QED) is 0.289. The molecule has 0 aliphatic heterocycles. The minimum absolute atomic E-state index is 0.0760. The largest absolute Gasteiger partial charge is 0.480 e. The van der Waals surface area contributed by atoms with Crippen molar-refractivity contribution in [3.63, 3.8) is 0 Å².